The van der Waals surface area contributed by atoms with Crippen LogP contribution < -0.4 is 0 Å². The van der Waals surface area contributed by atoms with Crippen molar-refractivity contribution in [2.75, 3.05) is 33.4 Å². The highest BCUT2D eigenvalue weighted by atomic mass is 16.5. The van der Waals surface area contributed by atoms with Crippen LogP contribution in [0.4, 0.5) is 0 Å². The summed E-state index contributed by atoms with van der Waals surface area (Å²) >= 11 is 0. The molecule has 0 spiro atoms. The van der Waals surface area contributed by atoms with E-state index in [1.807, 2.05) is 19.1 Å². The number of aryl methyl sites for hydroxylation is 1. The number of ether oxygens (including phenoxy) is 2. The molecule has 1 aromatic carbocycles. The Kier molecular flexibility index (Phi) is 10.2. The molecule has 0 aliphatic rings. The number of amides is 1. The van der Waals surface area contributed by atoms with Gasteiger partial charge in [0.25, 0.3) is 0 Å². The number of nitrogens with zero attached hydrogens (tertiary/aromatic N) is 1. The van der Waals surface area contributed by atoms with Crippen molar-refractivity contribution in [2.24, 2.45) is 0 Å². The molecule has 0 radical (unpaired) electrons. The number of esters is 1. The van der Waals surface area contributed by atoms with Crippen LogP contribution in [-0.2, 0) is 19.1 Å². The van der Waals surface area contributed by atoms with Gasteiger partial charge in [-0.2, -0.15) is 0 Å². The van der Waals surface area contributed by atoms with E-state index >= 15 is 0 Å². The lowest BCUT2D eigenvalue weighted by Crippen LogP contribution is -2.34. The second-order valence-electron chi connectivity index (χ2n) is 6.07. The summed E-state index contributed by atoms with van der Waals surface area (Å²) in [5, 5.41) is 0. The number of ketones is 1. The number of Topliss-reactive ketones (excluding diaryl/α,β-unsaturated/α-hetero) is 1. The van der Waals surface area contributed by atoms with Crippen LogP contribution in [0.1, 0.15) is 48.5 Å². The lowest BCUT2D eigenvalue weighted by molar-refractivity contribution is -0.144. The van der Waals surface area contributed by atoms with Crippen molar-refractivity contribution < 1.29 is 23.9 Å². The average Bonchev–Trinajstić information content (AvgIpc) is 2.63. The van der Waals surface area contributed by atoms with E-state index in [1.165, 1.54) is 0 Å². The van der Waals surface area contributed by atoms with E-state index < -0.39 is 0 Å². The van der Waals surface area contributed by atoms with Crippen molar-refractivity contribution in [1.29, 1.82) is 0 Å². The SMILES string of the molecule is CCOC(=O)CCN(CCCOC)C(=O)CCC(=O)c1ccc(C)cc1. The third-order valence-electron chi connectivity index (χ3n) is 3.96. The van der Waals surface area contributed by atoms with Crippen molar-refractivity contribution in [1.82, 2.24) is 4.90 Å². The summed E-state index contributed by atoms with van der Waals surface area (Å²) in [4.78, 5) is 37.9. The summed E-state index contributed by atoms with van der Waals surface area (Å²) in [5.74, 6) is -0.515. The highest BCUT2D eigenvalue weighted by molar-refractivity contribution is 5.98. The zero-order chi connectivity index (χ0) is 19.4. The Morgan fingerprint density at radius 3 is 2.31 bits per heavy atom. The molecule has 0 N–H and O–H groups in total. The van der Waals surface area contributed by atoms with Gasteiger partial charge in [0.2, 0.25) is 5.91 Å². The van der Waals surface area contributed by atoms with E-state index in [-0.39, 0.29) is 36.9 Å². The molecule has 0 bridgehead atoms. The Balaban J connectivity index is 2.55. The highest BCUT2D eigenvalue weighted by Crippen LogP contribution is 2.09. The fourth-order valence-electron chi connectivity index (χ4n) is 2.48. The van der Waals surface area contributed by atoms with E-state index in [1.54, 1.807) is 31.1 Å². The van der Waals surface area contributed by atoms with Crippen LogP contribution in [0.15, 0.2) is 24.3 Å². The molecular weight excluding hydrogens is 334 g/mol. The quantitative estimate of drug-likeness (QED) is 0.324. The molecule has 144 valence electrons. The standard InChI is InChI=1S/C20H29NO5/c1-4-26-20(24)12-14-21(13-5-15-25-3)19(23)11-10-18(22)17-8-6-16(2)7-9-17/h6-9H,4-5,10-15H2,1-3H3. The molecule has 0 fully saturated rings. The van der Waals surface area contributed by atoms with Crippen LogP contribution in [0.3, 0.4) is 0 Å². The van der Waals surface area contributed by atoms with Crippen LogP contribution in [0.25, 0.3) is 0 Å². The topological polar surface area (TPSA) is 72.9 Å². The second kappa shape index (κ2) is 12.2. The first-order chi connectivity index (χ1) is 12.5. The summed E-state index contributed by atoms with van der Waals surface area (Å²) in [6.07, 6.45) is 1.11. The first-order valence-electron chi connectivity index (χ1n) is 9.00. The first-order valence-corrected chi connectivity index (χ1v) is 9.00. The Bertz CT molecular complexity index is 582. The predicted octanol–water partition coefficient (Wildman–Crippen LogP) is 2.78. The van der Waals surface area contributed by atoms with Gasteiger partial charge in [0, 0.05) is 45.2 Å². The monoisotopic (exact) mass is 363 g/mol. The molecule has 0 aliphatic carbocycles. The molecule has 0 heterocycles. The predicted molar refractivity (Wildman–Crippen MR) is 99.1 cm³/mol. The third kappa shape index (κ3) is 8.25. The van der Waals surface area contributed by atoms with E-state index in [4.69, 9.17) is 9.47 Å². The summed E-state index contributed by atoms with van der Waals surface area (Å²) in [6, 6.07) is 7.31. The minimum atomic E-state index is -0.326. The minimum absolute atomic E-state index is 0.0550. The summed E-state index contributed by atoms with van der Waals surface area (Å²) in [6.45, 7) is 5.34. The first kappa shape index (κ1) is 21.8. The number of methoxy groups -OCH3 is 1. The number of carbonyl (C=O) groups excluding carboxylic acids is 3. The smallest absolute Gasteiger partial charge is 0.307 e. The molecule has 1 aromatic rings. The van der Waals surface area contributed by atoms with Gasteiger partial charge in [0.1, 0.15) is 0 Å². The maximum atomic E-state index is 12.5. The Morgan fingerprint density at radius 1 is 1.00 bits per heavy atom. The van der Waals surface area contributed by atoms with Crippen molar-refractivity contribution in [2.45, 2.75) is 39.5 Å². The van der Waals surface area contributed by atoms with Crippen molar-refractivity contribution in [3.63, 3.8) is 0 Å². The normalized spacial score (nSPS) is 10.4. The maximum absolute atomic E-state index is 12.5. The molecule has 1 rings (SSSR count). The largest absolute Gasteiger partial charge is 0.466 e. The second-order valence-corrected chi connectivity index (χ2v) is 6.07. The van der Waals surface area contributed by atoms with Crippen LogP contribution in [0, 0.1) is 6.92 Å². The van der Waals surface area contributed by atoms with Crippen molar-refractivity contribution in [3.8, 4) is 0 Å². The zero-order valence-electron chi connectivity index (χ0n) is 16.0. The Morgan fingerprint density at radius 2 is 1.69 bits per heavy atom. The molecule has 26 heavy (non-hydrogen) atoms. The van der Waals surface area contributed by atoms with Crippen molar-refractivity contribution >= 4 is 17.7 Å². The summed E-state index contributed by atoms with van der Waals surface area (Å²) < 4.78 is 9.93. The number of hydrogen-bond donors (Lipinski definition) is 0. The number of rotatable bonds is 12. The fraction of sp³-hybridized carbons (Fsp3) is 0.550. The van der Waals surface area contributed by atoms with Gasteiger partial charge in [0.15, 0.2) is 5.78 Å². The van der Waals surface area contributed by atoms with Crippen LogP contribution in [-0.4, -0.2) is 56.0 Å². The molecule has 0 atom stereocenters. The van der Waals surface area contributed by atoms with Gasteiger partial charge in [0.05, 0.1) is 13.0 Å². The molecule has 6 heteroatoms. The van der Waals surface area contributed by atoms with E-state index in [0.29, 0.717) is 38.3 Å². The zero-order valence-corrected chi connectivity index (χ0v) is 16.0. The molecule has 0 aromatic heterocycles. The Labute approximate surface area is 155 Å². The van der Waals surface area contributed by atoms with Gasteiger partial charge >= 0.3 is 5.97 Å². The van der Waals surface area contributed by atoms with E-state index in [2.05, 4.69) is 0 Å². The van der Waals surface area contributed by atoms with Crippen LogP contribution in [0.5, 0.6) is 0 Å². The summed E-state index contributed by atoms with van der Waals surface area (Å²) in [5.41, 5.74) is 1.70. The fourth-order valence-corrected chi connectivity index (χ4v) is 2.48. The number of carbonyl (C=O) groups is 3. The number of hydrogen-bond acceptors (Lipinski definition) is 5. The maximum Gasteiger partial charge on any atom is 0.307 e. The lowest BCUT2D eigenvalue weighted by atomic mass is 10.0. The van der Waals surface area contributed by atoms with Gasteiger partial charge < -0.3 is 14.4 Å². The van der Waals surface area contributed by atoms with Gasteiger partial charge in [-0.25, -0.2) is 0 Å². The lowest BCUT2D eigenvalue weighted by Gasteiger charge is -2.22. The van der Waals surface area contributed by atoms with Gasteiger partial charge in [-0.1, -0.05) is 29.8 Å². The van der Waals surface area contributed by atoms with E-state index in [0.717, 1.165) is 5.56 Å². The number of benzene rings is 1. The molecule has 0 saturated heterocycles. The minimum Gasteiger partial charge on any atom is -0.466 e. The molecular formula is C20H29NO5. The van der Waals surface area contributed by atoms with Gasteiger partial charge in [-0.3, -0.25) is 14.4 Å². The Hall–Kier alpha value is -2.21. The highest BCUT2D eigenvalue weighted by Gasteiger charge is 2.17. The third-order valence-corrected chi connectivity index (χ3v) is 3.96. The van der Waals surface area contributed by atoms with Gasteiger partial charge in [-0.05, 0) is 20.3 Å². The molecule has 0 saturated carbocycles. The average molecular weight is 363 g/mol. The molecule has 6 nitrogen and oxygen atoms in total. The van der Waals surface area contributed by atoms with E-state index in [9.17, 15) is 14.4 Å². The molecule has 0 aliphatic heterocycles. The van der Waals surface area contributed by atoms with Crippen molar-refractivity contribution in [3.05, 3.63) is 35.4 Å². The molecule has 0 unspecified atom stereocenters. The van der Waals surface area contributed by atoms with Crippen LogP contribution >= 0.6 is 0 Å². The van der Waals surface area contributed by atoms with Crippen LogP contribution in [0.2, 0.25) is 0 Å². The van der Waals surface area contributed by atoms with Gasteiger partial charge in [-0.15, -0.1) is 0 Å². The summed E-state index contributed by atoms with van der Waals surface area (Å²) in [7, 11) is 1.60. The molecule has 1 amide bonds.